The van der Waals surface area contributed by atoms with E-state index in [9.17, 15) is 14.4 Å². The van der Waals surface area contributed by atoms with Crippen molar-refractivity contribution in [2.24, 2.45) is 11.7 Å². The molecule has 10 heteroatoms. The summed E-state index contributed by atoms with van der Waals surface area (Å²) in [6, 6.07) is 6.55. The number of nitrogens with two attached hydrogens (primary N) is 2. The molecule has 0 unspecified atom stereocenters. The summed E-state index contributed by atoms with van der Waals surface area (Å²) in [5, 5.41) is 3.66. The van der Waals surface area contributed by atoms with E-state index in [4.69, 9.17) is 23.1 Å². The lowest BCUT2D eigenvalue weighted by Crippen LogP contribution is -2.52. The van der Waals surface area contributed by atoms with Gasteiger partial charge in [0.1, 0.15) is 10.9 Å². The number of aromatic nitrogens is 1. The van der Waals surface area contributed by atoms with Crippen LogP contribution < -0.4 is 16.8 Å². The molecule has 0 aliphatic heterocycles. The smallest absolute Gasteiger partial charge is 0.270 e. The maximum absolute atomic E-state index is 13.8. The number of carbonyl (C=O) groups excluding carboxylic acids is 3. The Balaban J connectivity index is 1.99. The fourth-order valence-corrected chi connectivity index (χ4v) is 5.22. The lowest BCUT2D eigenvalue weighted by Gasteiger charge is -2.34. The Hall–Kier alpha value is -2.65. The molecule has 1 atom stereocenters. The summed E-state index contributed by atoms with van der Waals surface area (Å²) in [6.07, 6.45) is 5.65. The van der Waals surface area contributed by atoms with Crippen molar-refractivity contribution in [2.75, 3.05) is 5.73 Å². The first-order chi connectivity index (χ1) is 16.2. The Bertz CT molecular complexity index is 1040. The molecule has 1 fully saturated rings. The van der Waals surface area contributed by atoms with Crippen molar-refractivity contribution in [3.63, 3.8) is 0 Å². The number of carbonyl (C=O) groups is 3. The highest BCUT2D eigenvalue weighted by Gasteiger charge is 2.35. The summed E-state index contributed by atoms with van der Waals surface area (Å²) < 4.78 is 3.97. The summed E-state index contributed by atoms with van der Waals surface area (Å²) in [4.78, 5) is 40.5. The molecule has 5 N–H and O–H groups in total. The van der Waals surface area contributed by atoms with Gasteiger partial charge < -0.3 is 21.7 Å². The highest BCUT2D eigenvalue weighted by molar-refractivity contribution is 7.09. The number of rotatable bonds is 9. The van der Waals surface area contributed by atoms with Gasteiger partial charge in [-0.2, -0.15) is 4.37 Å². The summed E-state index contributed by atoms with van der Waals surface area (Å²) in [7, 11) is 0. The van der Waals surface area contributed by atoms with Gasteiger partial charge in [-0.05, 0) is 48.3 Å². The van der Waals surface area contributed by atoms with Gasteiger partial charge in [0.15, 0.2) is 5.69 Å². The number of benzene rings is 1. The molecule has 0 spiro atoms. The Morgan fingerprint density at radius 2 is 1.88 bits per heavy atom. The number of primary amides is 1. The maximum atomic E-state index is 13.8. The van der Waals surface area contributed by atoms with E-state index in [2.05, 4.69) is 9.69 Å². The number of halogens is 1. The van der Waals surface area contributed by atoms with E-state index in [1.807, 2.05) is 26.0 Å². The van der Waals surface area contributed by atoms with Crippen LogP contribution in [0.1, 0.15) is 78.1 Å². The molecule has 2 aromatic rings. The minimum absolute atomic E-state index is 0.0670. The zero-order valence-corrected chi connectivity index (χ0v) is 21.1. The third kappa shape index (κ3) is 6.27. The molecule has 1 aromatic carbocycles. The van der Waals surface area contributed by atoms with E-state index < -0.39 is 17.9 Å². The lowest BCUT2D eigenvalue weighted by atomic mass is 9.94. The van der Waals surface area contributed by atoms with Crippen LogP contribution in [0.3, 0.4) is 0 Å². The molecule has 8 nitrogen and oxygen atoms in total. The molecular formula is C24H32ClN5O3S. The van der Waals surface area contributed by atoms with E-state index in [1.54, 1.807) is 12.1 Å². The van der Waals surface area contributed by atoms with E-state index in [1.165, 1.54) is 11.3 Å². The topological polar surface area (TPSA) is 131 Å². The fourth-order valence-electron chi connectivity index (χ4n) is 4.26. The van der Waals surface area contributed by atoms with Crippen molar-refractivity contribution in [3.8, 4) is 0 Å². The maximum Gasteiger partial charge on any atom is 0.270 e. The van der Waals surface area contributed by atoms with E-state index in [0.717, 1.165) is 37.2 Å². The fraction of sp³-hybridized carbons (Fsp3) is 0.500. The molecule has 0 saturated heterocycles. The zero-order valence-electron chi connectivity index (χ0n) is 19.6. The molecule has 1 aliphatic carbocycles. The molecular weight excluding hydrogens is 474 g/mol. The van der Waals surface area contributed by atoms with E-state index in [-0.39, 0.29) is 40.7 Å². The highest BCUT2D eigenvalue weighted by atomic mass is 35.5. The van der Waals surface area contributed by atoms with Gasteiger partial charge in [0.25, 0.3) is 11.8 Å². The average molecular weight is 506 g/mol. The Morgan fingerprint density at radius 1 is 1.21 bits per heavy atom. The van der Waals surface area contributed by atoms with Gasteiger partial charge in [-0.25, -0.2) is 0 Å². The van der Waals surface area contributed by atoms with Crippen molar-refractivity contribution >= 4 is 46.5 Å². The molecule has 3 amide bonds. The van der Waals surface area contributed by atoms with Crippen LogP contribution in [-0.4, -0.2) is 39.1 Å². The zero-order chi connectivity index (χ0) is 24.8. The van der Waals surface area contributed by atoms with Gasteiger partial charge >= 0.3 is 0 Å². The first-order valence-corrected chi connectivity index (χ1v) is 12.7. The van der Waals surface area contributed by atoms with Gasteiger partial charge in [0.05, 0.1) is 5.69 Å². The van der Waals surface area contributed by atoms with Crippen LogP contribution >= 0.6 is 23.1 Å². The van der Waals surface area contributed by atoms with Crippen LogP contribution in [0, 0.1) is 5.92 Å². The normalized spacial score (nSPS) is 15.2. The molecule has 3 rings (SSSR count). The van der Waals surface area contributed by atoms with Gasteiger partial charge in [-0.1, -0.05) is 62.9 Å². The van der Waals surface area contributed by atoms with Gasteiger partial charge in [0, 0.05) is 17.6 Å². The largest absolute Gasteiger partial charge is 0.395 e. The number of hydrogen-bond acceptors (Lipinski definition) is 6. The first-order valence-electron chi connectivity index (χ1n) is 11.6. The van der Waals surface area contributed by atoms with Crippen LogP contribution in [-0.2, 0) is 11.3 Å². The second-order valence-electron chi connectivity index (χ2n) is 9.15. The summed E-state index contributed by atoms with van der Waals surface area (Å²) >= 11 is 7.22. The SMILES string of the molecule is CC(C)C[C@H](C(=O)NC1CCCCC1)N(Cc1ccccc1Cl)C(=O)c1snc(C(N)=O)c1N. The number of amides is 3. The Kier molecular flexibility index (Phi) is 8.90. The number of nitrogens with one attached hydrogen (secondary N) is 1. The molecule has 184 valence electrons. The molecule has 0 bridgehead atoms. The van der Waals surface area contributed by atoms with Crippen molar-refractivity contribution in [2.45, 2.75) is 71.0 Å². The molecule has 34 heavy (non-hydrogen) atoms. The van der Waals surface area contributed by atoms with Crippen LogP contribution in [0.4, 0.5) is 5.69 Å². The monoisotopic (exact) mass is 505 g/mol. The van der Waals surface area contributed by atoms with Gasteiger partial charge in [-0.3, -0.25) is 14.4 Å². The molecule has 1 aliphatic rings. The minimum atomic E-state index is -0.806. The van der Waals surface area contributed by atoms with Crippen LogP contribution in [0.5, 0.6) is 0 Å². The predicted molar refractivity (Wildman–Crippen MR) is 135 cm³/mol. The van der Waals surface area contributed by atoms with Crippen LogP contribution in [0.15, 0.2) is 24.3 Å². The number of nitrogens with zero attached hydrogens (tertiary/aromatic N) is 2. The Labute approximate surface area is 209 Å². The predicted octanol–water partition coefficient (Wildman–Crippen LogP) is 3.98. The number of hydrogen-bond donors (Lipinski definition) is 3. The van der Waals surface area contributed by atoms with Crippen molar-refractivity contribution in [1.29, 1.82) is 0 Å². The lowest BCUT2D eigenvalue weighted by molar-refractivity contribution is -0.127. The summed E-state index contributed by atoms with van der Waals surface area (Å²) in [6.45, 7) is 4.12. The standard InChI is InChI=1S/C24H32ClN5O3S/c1-14(2)12-18(23(32)28-16-9-4-3-5-10-16)30(13-15-8-6-7-11-17(15)25)24(33)21-19(26)20(22(27)31)29-34-21/h6-8,11,14,16,18H,3-5,9-10,12-13,26H2,1-2H3,(H2,27,31)(H,28,32)/t18-/m1/s1. The number of anilines is 1. The minimum Gasteiger partial charge on any atom is -0.395 e. The average Bonchev–Trinajstić information content (AvgIpc) is 3.19. The molecule has 1 saturated carbocycles. The van der Waals surface area contributed by atoms with Crippen LogP contribution in [0.25, 0.3) is 0 Å². The second-order valence-corrected chi connectivity index (χ2v) is 10.3. The van der Waals surface area contributed by atoms with Gasteiger partial charge in [-0.15, -0.1) is 0 Å². The van der Waals surface area contributed by atoms with Crippen molar-refractivity contribution in [3.05, 3.63) is 45.4 Å². The highest BCUT2D eigenvalue weighted by Crippen LogP contribution is 2.28. The van der Waals surface area contributed by atoms with Crippen LogP contribution in [0.2, 0.25) is 5.02 Å². The molecule has 0 radical (unpaired) electrons. The van der Waals surface area contributed by atoms with Gasteiger partial charge in [0.2, 0.25) is 5.91 Å². The van der Waals surface area contributed by atoms with Crippen molar-refractivity contribution < 1.29 is 14.4 Å². The molecule has 1 aromatic heterocycles. The number of nitrogen functional groups attached to an aromatic ring is 1. The third-order valence-electron chi connectivity index (χ3n) is 6.04. The van der Waals surface area contributed by atoms with Crippen molar-refractivity contribution in [1.82, 2.24) is 14.6 Å². The second kappa shape index (κ2) is 11.7. The quantitative estimate of drug-likeness (QED) is 0.474. The summed E-state index contributed by atoms with van der Waals surface area (Å²) in [5.74, 6) is -1.34. The van der Waals surface area contributed by atoms with E-state index >= 15 is 0 Å². The first kappa shape index (κ1) is 26.0. The Morgan fingerprint density at radius 3 is 2.47 bits per heavy atom. The summed E-state index contributed by atoms with van der Waals surface area (Å²) in [5.41, 5.74) is 11.9. The molecule has 1 heterocycles. The third-order valence-corrected chi connectivity index (χ3v) is 7.26. The van der Waals surface area contributed by atoms with E-state index in [0.29, 0.717) is 17.0 Å².